The van der Waals surface area contributed by atoms with Crippen LogP contribution < -0.4 is 0 Å². The van der Waals surface area contributed by atoms with Crippen molar-refractivity contribution in [2.24, 2.45) is 11.8 Å². The number of rotatable bonds is 3. The predicted molar refractivity (Wildman–Crippen MR) is 82.0 cm³/mol. The van der Waals surface area contributed by atoms with Gasteiger partial charge < -0.3 is 0 Å². The van der Waals surface area contributed by atoms with Crippen LogP contribution >= 0.6 is 0 Å². The van der Waals surface area contributed by atoms with Crippen LogP contribution in [0.3, 0.4) is 0 Å². The average Bonchev–Trinajstić information content (AvgIpc) is 2.47. The summed E-state index contributed by atoms with van der Waals surface area (Å²) in [7, 11) is 0. The molecule has 2 atom stereocenters. The largest absolute Gasteiger partial charge is 0.296 e. The van der Waals surface area contributed by atoms with E-state index >= 15 is 0 Å². The maximum atomic E-state index is 12.4. The highest BCUT2D eigenvalue weighted by molar-refractivity contribution is 5.97. The van der Waals surface area contributed by atoms with Gasteiger partial charge in [-0.3, -0.25) is 9.69 Å². The third kappa shape index (κ3) is 3.12. The molecule has 20 heavy (non-hydrogen) atoms. The number of fused-ring (bicyclic) bond motifs is 1. The molecule has 2 unspecified atom stereocenters. The summed E-state index contributed by atoms with van der Waals surface area (Å²) >= 11 is 0. The predicted octanol–water partition coefficient (Wildman–Crippen LogP) is 3.69. The molecule has 1 saturated carbocycles. The van der Waals surface area contributed by atoms with Gasteiger partial charge >= 0.3 is 0 Å². The second-order valence-electron chi connectivity index (χ2n) is 6.62. The van der Waals surface area contributed by atoms with E-state index in [1.807, 2.05) is 31.2 Å². The topological polar surface area (TPSA) is 20.3 Å². The Balaban J connectivity index is 1.59. The van der Waals surface area contributed by atoms with Crippen LogP contribution in [0.25, 0.3) is 0 Å². The van der Waals surface area contributed by atoms with Gasteiger partial charge in [0.2, 0.25) is 0 Å². The van der Waals surface area contributed by atoms with Crippen molar-refractivity contribution in [3.63, 3.8) is 0 Å². The molecule has 1 saturated heterocycles. The number of carbonyl (C=O) groups is 1. The first-order valence-electron chi connectivity index (χ1n) is 8.04. The molecule has 0 N–H and O–H groups in total. The van der Waals surface area contributed by atoms with E-state index in [2.05, 4.69) is 4.90 Å². The molecule has 1 aliphatic carbocycles. The molecule has 1 aliphatic heterocycles. The van der Waals surface area contributed by atoms with E-state index in [0.29, 0.717) is 6.54 Å². The molecule has 2 fully saturated rings. The van der Waals surface area contributed by atoms with Crippen molar-refractivity contribution in [1.29, 1.82) is 0 Å². The molecule has 0 aromatic heterocycles. The molecule has 1 aromatic rings. The van der Waals surface area contributed by atoms with E-state index in [4.69, 9.17) is 0 Å². The van der Waals surface area contributed by atoms with Crippen LogP contribution in [0, 0.1) is 18.8 Å². The summed E-state index contributed by atoms with van der Waals surface area (Å²) in [5.74, 6) is 2.07. The molecule has 0 radical (unpaired) electrons. The van der Waals surface area contributed by atoms with Crippen LogP contribution in [-0.2, 0) is 0 Å². The van der Waals surface area contributed by atoms with Gasteiger partial charge in [-0.05, 0) is 44.2 Å². The minimum Gasteiger partial charge on any atom is -0.296 e. The Kier molecular flexibility index (Phi) is 4.21. The third-order valence-corrected chi connectivity index (χ3v) is 5.08. The van der Waals surface area contributed by atoms with Gasteiger partial charge in [0.1, 0.15) is 0 Å². The second-order valence-corrected chi connectivity index (χ2v) is 6.62. The lowest BCUT2D eigenvalue weighted by Gasteiger charge is -2.41. The van der Waals surface area contributed by atoms with Crippen molar-refractivity contribution < 1.29 is 4.79 Å². The highest BCUT2D eigenvalue weighted by Gasteiger charge is 2.31. The second kappa shape index (κ2) is 6.09. The molecule has 108 valence electrons. The van der Waals surface area contributed by atoms with Gasteiger partial charge in [-0.2, -0.15) is 0 Å². The van der Waals surface area contributed by atoms with Crippen molar-refractivity contribution in [2.75, 3.05) is 19.6 Å². The lowest BCUT2D eigenvalue weighted by molar-refractivity contribution is 0.0713. The zero-order valence-corrected chi connectivity index (χ0v) is 12.5. The van der Waals surface area contributed by atoms with Gasteiger partial charge in [-0.15, -0.1) is 0 Å². The summed E-state index contributed by atoms with van der Waals surface area (Å²) in [5, 5.41) is 0. The van der Waals surface area contributed by atoms with Gasteiger partial charge in [0, 0.05) is 12.1 Å². The Morgan fingerprint density at radius 2 is 2.00 bits per heavy atom. The van der Waals surface area contributed by atoms with E-state index in [0.717, 1.165) is 30.5 Å². The maximum Gasteiger partial charge on any atom is 0.176 e. The zero-order valence-electron chi connectivity index (χ0n) is 12.5. The van der Waals surface area contributed by atoms with Gasteiger partial charge in [0.15, 0.2) is 5.78 Å². The van der Waals surface area contributed by atoms with Crippen molar-refractivity contribution in [2.45, 2.75) is 39.0 Å². The third-order valence-electron chi connectivity index (χ3n) is 5.08. The Morgan fingerprint density at radius 3 is 2.80 bits per heavy atom. The Hall–Kier alpha value is -1.15. The van der Waals surface area contributed by atoms with Gasteiger partial charge in [0.25, 0.3) is 0 Å². The van der Waals surface area contributed by atoms with Crippen LogP contribution in [0.15, 0.2) is 24.3 Å². The first-order chi connectivity index (χ1) is 9.72. The fraction of sp³-hybridized carbons (Fsp3) is 0.611. The number of aryl methyl sites for hydroxylation is 1. The molecule has 1 heterocycles. The van der Waals surface area contributed by atoms with Crippen LogP contribution in [0.2, 0.25) is 0 Å². The summed E-state index contributed by atoms with van der Waals surface area (Å²) < 4.78 is 0. The number of hydrogen-bond donors (Lipinski definition) is 0. The molecule has 0 amide bonds. The number of hydrogen-bond acceptors (Lipinski definition) is 2. The van der Waals surface area contributed by atoms with Gasteiger partial charge in [-0.1, -0.05) is 43.0 Å². The Morgan fingerprint density at radius 1 is 1.20 bits per heavy atom. The van der Waals surface area contributed by atoms with Crippen LogP contribution in [0.5, 0.6) is 0 Å². The van der Waals surface area contributed by atoms with Crippen molar-refractivity contribution in [1.82, 2.24) is 4.90 Å². The number of likely N-dealkylation sites (tertiary alicyclic amines) is 1. The molecule has 2 nitrogen and oxygen atoms in total. The number of benzene rings is 1. The number of nitrogens with zero attached hydrogens (tertiary/aromatic N) is 1. The lowest BCUT2D eigenvalue weighted by Crippen LogP contribution is -2.43. The SMILES string of the molecule is Cc1cccc(C(=O)CN2CCC3CCCCC3C2)c1. The normalized spacial score (nSPS) is 27.1. The molecule has 0 bridgehead atoms. The molecule has 0 spiro atoms. The fourth-order valence-corrected chi connectivity index (χ4v) is 3.93. The van der Waals surface area contributed by atoms with Crippen molar-refractivity contribution in [3.8, 4) is 0 Å². The standard InChI is InChI=1S/C18H25NO/c1-14-5-4-8-16(11-14)18(20)13-19-10-9-15-6-2-3-7-17(15)12-19/h4-5,8,11,15,17H,2-3,6-7,9-10,12-13H2,1H3. The smallest absolute Gasteiger partial charge is 0.176 e. The summed E-state index contributed by atoms with van der Waals surface area (Å²) in [6, 6.07) is 7.98. The first-order valence-corrected chi connectivity index (χ1v) is 8.04. The average molecular weight is 271 g/mol. The lowest BCUT2D eigenvalue weighted by atomic mass is 9.75. The molecule has 3 rings (SSSR count). The van der Waals surface area contributed by atoms with E-state index in [-0.39, 0.29) is 5.78 Å². The van der Waals surface area contributed by atoms with Crippen molar-refractivity contribution >= 4 is 5.78 Å². The highest BCUT2D eigenvalue weighted by Crippen LogP contribution is 2.35. The summed E-state index contributed by atoms with van der Waals surface area (Å²) in [6.45, 7) is 4.90. The minimum absolute atomic E-state index is 0.281. The maximum absolute atomic E-state index is 12.4. The van der Waals surface area contributed by atoms with Gasteiger partial charge in [0.05, 0.1) is 6.54 Å². The van der Waals surface area contributed by atoms with E-state index in [1.54, 1.807) is 0 Å². The summed E-state index contributed by atoms with van der Waals surface area (Å²) in [4.78, 5) is 14.8. The number of carbonyl (C=O) groups excluding carboxylic acids is 1. The van der Waals surface area contributed by atoms with Gasteiger partial charge in [-0.25, -0.2) is 0 Å². The first kappa shape index (κ1) is 13.8. The van der Waals surface area contributed by atoms with Crippen molar-refractivity contribution in [3.05, 3.63) is 35.4 Å². The molecule has 2 heteroatoms. The molecule has 1 aromatic carbocycles. The quantitative estimate of drug-likeness (QED) is 0.781. The van der Waals surface area contributed by atoms with E-state index < -0.39 is 0 Å². The minimum atomic E-state index is 0.281. The number of Topliss-reactive ketones (excluding diaryl/α,β-unsaturated/α-hetero) is 1. The zero-order chi connectivity index (χ0) is 13.9. The van der Waals surface area contributed by atoms with E-state index in [1.165, 1.54) is 37.7 Å². The van der Waals surface area contributed by atoms with Crippen LogP contribution in [0.1, 0.15) is 48.0 Å². The summed E-state index contributed by atoms with van der Waals surface area (Å²) in [5.41, 5.74) is 2.04. The molecule has 2 aliphatic rings. The van der Waals surface area contributed by atoms with E-state index in [9.17, 15) is 4.79 Å². The molecular formula is C18H25NO. The van der Waals surface area contributed by atoms with Crippen LogP contribution in [0.4, 0.5) is 0 Å². The molecular weight excluding hydrogens is 246 g/mol. The fourth-order valence-electron chi connectivity index (χ4n) is 3.93. The summed E-state index contributed by atoms with van der Waals surface area (Å²) in [6.07, 6.45) is 6.90. The Labute approximate surface area is 122 Å². The monoisotopic (exact) mass is 271 g/mol. The number of ketones is 1. The van der Waals surface area contributed by atoms with Crippen LogP contribution in [-0.4, -0.2) is 30.3 Å². The highest BCUT2D eigenvalue weighted by atomic mass is 16.1. The Bertz CT molecular complexity index is 482. The number of piperidine rings is 1.